The van der Waals surface area contributed by atoms with Crippen molar-refractivity contribution in [3.8, 4) is 0 Å². The highest BCUT2D eigenvalue weighted by molar-refractivity contribution is 8.23. The zero-order valence-corrected chi connectivity index (χ0v) is 17.7. The predicted molar refractivity (Wildman–Crippen MR) is 109 cm³/mol. The van der Waals surface area contributed by atoms with E-state index in [1.165, 1.54) is 18.7 Å². The molecule has 150 valence electrons. The maximum Gasteiger partial charge on any atom is 0.303 e. The highest BCUT2D eigenvalue weighted by Crippen LogP contribution is 2.15. The Kier molecular flexibility index (Phi) is 8.59. The largest absolute Gasteiger partial charge is 0.461 e. The molecule has 27 heavy (non-hydrogen) atoms. The topological polar surface area (TPSA) is 66.2 Å². The standard InChI is InChI=1S/C18H27N3O4S2/c1-14(22)24-12-16-6-5-15(25-16)11-20-7-4-8-21(10-9-20)17(23)13-27-18(26)19(2)3/h5-6H,4,7-13H2,1-3H3. The van der Waals surface area contributed by atoms with E-state index in [0.717, 1.165) is 36.1 Å². The summed E-state index contributed by atoms with van der Waals surface area (Å²) in [6, 6.07) is 3.74. The van der Waals surface area contributed by atoms with Gasteiger partial charge in [0.1, 0.15) is 22.4 Å². The van der Waals surface area contributed by atoms with Gasteiger partial charge in [0.15, 0.2) is 0 Å². The van der Waals surface area contributed by atoms with Gasteiger partial charge < -0.3 is 19.0 Å². The van der Waals surface area contributed by atoms with E-state index in [0.29, 0.717) is 24.6 Å². The molecule has 0 atom stereocenters. The van der Waals surface area contributed by atoms with Crippen LogP contribution in [0.4, 0.5) is 0 Å². The molecule has 0 saturated carbocycles. The van der Waals surface area contributed by atoms with Gasteiger partial charge >= 0.3 is 5.97 Å². The van der Waals surface area contributed by atoms with Crippen LogP contribution in [0.15, 0.2) is 16.5 Å². The minimum absolute atomic E-state index is 0.132. The Hall–Kier alpha value is -1.58. The van der Waals surface area contributed by atoms with Crippen LogP contribution < -0.4 is 0 Å². The van der Waals surface area contributed by atoms with Gasteiger partial charge in [-0.3, -0.25) is 14.5 Å². The number of nitrogens with zero attached hydrogens (tertiary/aromatic N) is 3. The minimum atomic E-state index is -0.324. The number of ether oxygens (including phenoxy) is 1. The van der Waals surface area contributed by atoms with Gasteiger partial charge in [-0.05, 0) is 18.6 Å². The molecule has 7 nitrogen and oxygen atoms in total. The lowest BCUT2D eigenvalue weighted by Gasteiger charge is -2.22. The minimum Gasteiger partial charge on any atom is -0.461 e. The SMILES string of the molecule is CC(=O)OCc1ccc(CN2CCCN(C(=O)CSC(=S)N(C)C)CC2)o1. The van der Waals surface area contributed by atoms with Gasteiger partial charge in [-0.15, -0.1) is 0 Å². The van der Waals surface area contributed by atoms with Crippen LogP contribution in [0.2, 0.25) is 0 Å². The monoisotopic (exact) mass is 413 g/mol. The first-order valence-electron chi connectivity index (χ1n) is 8.90. The lowest BCUT2D eigenvalue weighted by atomic mass is 10.3. The lowest BCUT2D eigenvalue weighted by molar-refractivity contribution is -0.142. The second-order valence-corrected chi connectivity index (χ2v) is 8.22. The Morgan fingerprint density at radius 2 is 1.96 bits per heavy atom. The molecule has 2 heterocycles. The van der Waals surface area contributed by atoms with Crippen LogP contribution in [-0.2, 0) is 27.5 Å². The fraction of sp³-hybridized carbons (Fsp3) is 0.611. The summed E-state index contributed by atoms with van der Waals surface area (Å²) in [5, 5.41) is 0. The van der Waals surface area contributed by atoms with Crippen molar-refractivity contribution in [2.45, 2.75) is 26.5 Å². The maximum absolute atomic E-state index is 12.4. The summed E-state index contributed by atoms with van der Waals surface area (Å²) in [6.07, 6.45) is 0.926. The van der Waals surface area contributed by atoms with Crippen molar-refractivity contribution in [1.29, 1.82) is 0 Å². The molecule has 9 heteroatoms. The summed E-state index contributed by atoms with van der Waals surface area (Å²) < 4.78 is 11.4. The average molecular weight is 414 g/mol. The van der Waals surface area contributed by atoms with Crippen LogP contribution in [0.1, 0.15) is 24.9 Å². The van der Waals surface area contributed by atoms with Gasteiger partial charge in [0.25, 0.3) is 0 Å². The van der Waals surface area contributed by atoms with Crippen LogP contribution in [0.5, 0.6) is 0 Å². The predicted octanol–water partition coefficient (Wildman–Crippen LogP) is 1.96. The van der Waals surface area contributed by atoms with Crippen LogP contribution in [-0.4, -0.2) is 76.9 Å². The molecular weight excluding hydrogens is 386 g/mol. The number of thioether (sulfide) groups is 1. The normalized spacial score (nSPS) is 15.3. The first-order chi connectivity index (χ1) is 12.8. The molecule has 0 spiro atoms. The molecule has 0 bridgehead atoms. The van der Waals surface area contributed by atoms with Gasteiger partial charge in [0.05, 0.1) is 12.3 Å². The maximum atomic E-state index is 12.4. The van der Waals surface area contributed by atoms with Gasteiger partial charge in [-0.2, -0.15) is 0 Å². The third kappa shape index (κ3) is 7.51. The number of furan rings is 1. The second-order valence-electron chi connectivity index (χ2n) is 6.61. The third-order valence-corrected chi connectivity index (χ3v) is 5.86. The van der Waals surface area contributed by atoms with E-state index in [-0.39, 0.29) is 18.5 Å². The Morgan fingerprint density at radius 1 is 1.22 bits per heavy atom. The van der Waals surface area contributed by atoms with Crippen LogP contribution in [0, 0.1) is 0 Å². The van der Waals surface area contributed by atoms with Gasteiger partial charge in [-0.25, -0.2) is 0 Å². The summed E-state index contributed by atoms with van der Waals surface area (Å²) in [4.78, 5) is 29.3. The Labute approximate surface area is 170 Å². The van der Waals surface area contributed by atoms with Crippen molar-refractivity contribution in [3.63, 3.8) is 0 Å². The second kappa shape index (κ2) is 10.7. The molecule has 0 N–H and O–H groups in total. The van der Waals surface area contributed by atoms with E-state index in [9.17, 15) is 9.59 Å². The number of carbonyl (C=O) groups excluding carboxylic acids is 2. The first kappa shape index (κ1) is 21.7. The first-order valence-corrected chi connectivity index (χ1v) is 10.3. The molecule has 1 aliphatic heterocycles. The number of thiocarbonyl (C=S) groups is 1. The van der Waals surface area contributed by atoms with E-state index in [2.05, 4.69) is 4.90 Å². The van der Waals surface area contributed by atoms with Crippen molar-refractivity contribution >= 4 is 40.2 Å². The van der Waals surface area contributed by atoms with E-state index in [1.807, 2.05) is 36.0 Å². The third-order valence-electron chi connectivity index (χ3n) is 4.14. The Morgan fingerprint density at radius 3 is 2.67 bits per heavy atom. The lowest BCUT2D eigenvalue weighted by Crippen LogP contribution is -2.36. The summed E-state index contributed by atoms with van der Waals surface area (Å²) in [5.74, 6) is 1.67. The van der Waals surface area contributed by atoms with Crippen LogP contribution >= 0.6 is 24.0 Å². The molecule has 1 fully saturated rings. The molecule has 1 saturated heterocycles. The van der Waals surface area contributed by atoms with Crippen molar-refractivity contribution in [2.24, 2.45) is 0 Å². The van der Waals surface area contributed by atoms with Crippen LogP contribution in [0.25, 0.3) is 0 Å². The van der Waals surface area contributed by atoms with E-state index < -0.39 is 0 Å². The smallest absolute Gasteiger partial charge is 0.303 e. The van der Waals surface area contributed by atoms with Gasteiger partial charge in [0.2, 0.25) is 5.91 Å². The van der Waals surface area contributed by atoms with Crippen molar-refractivity contribution < 1.29 is 18.7 Å². The average Bonchev–Trinajstić information content (AvgIpc) is 2.93. The number of rotatable bonds is 6. The van der Waals surface area contributed by atoms with Crippen LogP contribution in [0.3, 0.4) is 0 Å². The molecule has 0 aromatic carbocycles. The van der Waals surface area contributed by atoms with Crippen molar-refractivity contribution in [2.75, 3.05) is 46.0 Å². The molecule has 1 aromatic rings. The Balaban J connectivity index is 1.78. The molecule has 1 aliphatic rings. The molecule has 0 unspecified atom stereocenters. The highest BCUT2D eigenvalue weighted by atomic mass is 32.2. The molecule has 1 amide bonds. The molecule has 2 rings (SSSR count). The van der Waals surface area contributed by atoms with E-state index >= 15 is 0 Å². The molecule has 0 aliphatic carbocycles. The van der Waals surface area contributed by atoms with Crippen molar-refractivity contribution in [1.82, 2.24) is 14.7 Å². The zero-order chi connectivity index (χ0) is 19.8. The number of hydrogen-bond donors (Lipinski definition) is 0. The van der Waals surface area contributed by atoms with E-state index in [4.69, 9.17) is 21.4 Å². The fourth-order valence-corrected chi connectivity index (χ4v) is 3.56. The highest BCUT2D eigenvalue weighted by Gasteiger charge is 2.20. The summed E-state index contributed by atoms with van der Waals surface area (Å²) in [7, 11) is 3.77. The van der Waals surface area contributed by atoms with Crippen molar-refractivity contribution in [3.05, 3.63) is 23.7 Å². The summed E-state index contributed by atoms with van der Waals surface area (Å²) >= 11 is 6.63. The molecular formula is C18H27N3O4S2. The number of hydrogen-bond acceptors (Lipinski definition) is 7. The van der Waals surface area contributed by atoms with Gasteiger partial charge in [0, 0.05) is 47.2 Å². The van der Waals surface area contributed by atoms with Gasteiger partial charge in [-0.1, -0.05) is 24.0 Å². The number of esters is 1. The summed E-state index contributed by atoms with van der Waals surface area (Å²) in [5.41, 5.74) is 0. The molecule has 1 aromatic heterocycles. The molecule has 0 radical (unpaired) electrons. The zero-order valence-electron chi connectivity index (χ0n) is 16.1. The summed E-state index contributed by atoms with van der Waals surface area (Å²) in [6.45, 7) is 5.39. The number of amides is 1. The van der Waals surface area contributed by atoms with E-state index in [1.54, 1.807) is 0 Å². The quantitative estimate of drug-likeness (QED) is 0.518. The fourth-order valence-electron chi connectivity index (χ4n) is 2.70. The number of carbonyl (C=O) groups is 2. The Bertz CT molecular complexity index is 663.